The molecule has 0 spiro atoms. The maximum absolute atomic E-state index is 13.2. The fourth-order valence-electron chi connectivity index (χ4n) is 5.80. The van der Waals surface area contributed by atoms with Crippen molar-refractivity contribution in [3.63, 3.8) is 0 Å². The first kappa shape index (κ1) is 23.4. The zero-order valence-electron chi connectivity index (χ0n) is 19.7. The second-order valence-corrected chi connectivity index (χ2v) is 9.57. The summed E-state index contributed by atoms with van der Waals surface area (Å²) in [7, 11) is 1.54. The van der Waals surface area contributed by atoms with E-state index in [1.165, 1.54) is 0 Å². The van der Waals surface area contributed by atoms with Crippen LogP contribution in [0.4, 0.5) is 4.79 Å². The van der Waals surface area contributed by atoms with Gasteiger partial charge in [-0.1, -0.05) is 48.5 Å². The molecule has 2 aliphatic carbocycles. The molecular formula is C27H30N2O6. The van der Waals surface area contributed by atoms with Crippen molar-refractivity contribution >= 4 is 18.0 Å². The highest BCUT2D eigenvalue weighted by Gasteiger charge is 2.57. The normalized spacial score (nSPS) is 23.0. The van der Waals surface area contributed by atoms with Gasteiger partial charge in [0.25, 0.3) is 0 Å². The Morgan fingerprint density at radius 3 is 2.34 bits per heavy atom. The number of fused-ring (bicyclic) bond motifs is 4. The Morgan fingerprint density at radius 1 is 1.06 bits per heavy atom. The van der Waals surface area contributed by atoms with Gasteiger partial charge in [-0.05, 0) is 40.5 Å². The van der Waals surface area contributed by atoms with Gasteiger partial charge in [-0.15, -0.1) is 0 Å². The molecule has 3 aliphatic rings. The molecular weight excluding hydrogens is 448 g/mol. The fourth-order valence-corrected chi connectivity index (χ4v) is 5.80. The molecule has 8 heteroatoms. The zero-order chi connectivity index (χ0) is 24.5. The predicted molar refractivity (Wildman–Crippen MR) is 128 cm³/mol. The number of hydrogen-bond donors (Lipinski definition) is 2. The number of methoxy groups -OCH3 is 1. The number of likely N-dealkylation sites (tertiary alicyclic amines) is 1. The van der Waals surface area contributed by atoms with Gasteiger partial charge in [-0.25, -0.2) is 4.79 Å². The Kier molecular flexibility index (Phi) is 6.47. The highest BCUT2D eigenvalue weighted by atomic mass is 16.5. The number of rotatable bonds is 8. The first-order valence-corrected chi connectivity index (χ1v) is 12.1. The molecule has 2 aromatic carbocycles. The molecule has 5 rings (SSSR count). The molecule has 0 aromatic heterocycles. The standard InChI is InChI=1S/C27H30N2O6/c1-34-13-11-23(25(30)29-12-10-20-21(14-29)24(20)26(31)32)28-27(33)35-15-22-18-8-4-2-6-16(18)17-7-3-5-9-19(17)22/h2-9,20-24H,10-15H2,1H3,(H,28,33)(H,31,32). The third-order valence-electron chi connectivity index (χ3n) is 7.64. The maximum Gasteiger partial charge on any atom is 0.407 e. The summed E-state index contributed by atoms with van der Waals surface area (Å²) in [6, 6.07) is 15.4. The van der Waals surface area contributed by atoms with Crippen LogP contribution in [0.1, 0.15) is 29.9 Å². The molecule has 1 heterocycles. The SMILES string of the molecule is COCCC(NC(=O)OCC1c2ccccc2-c2ccccc21)C(=O)N1CCC2C(C1)C2C(=O)O. The molecule has 2 N–H and O–H groups in total. The van der Waals surface area contributed by atoms with Gasteiger partial charge >= 0.3 is 12.1 Å². The minimum absolute atomic E-state index is 0.00253. The van der Waals surface area contributed by atoms with E-state index in [9.17, 15) is 19.5 Å². The second kappa shape index (κ2) is 9.70. The summed E-state index contributed by atoms with van der Waals surface area (Å²) in [5.41, 5.74) is 4.53. The number of alkyl carbamates (subject to hydrolysis) is 1. The highest BCUT2D eigenvalue weighted by molar-refractivity contribution is 5.86. The number of carboxylic acids is 1. The lowest BCUT2D eigenvalue weighted by Crippen LogP contribution is -2.51. The molecule has 4 unspecified atom stereocenters. The highest BCUT2D eigenvalue weighted by Crippen LogP contribution is 2.51. The predicted octanol–water partition coefficient (Wildman–Crippen LogP) is 3.11. The second-order valence-electron chi connectivity index (χ2n) is 9.57. The molecule has 0 radical (unpaired) electrons. The van der Waals surface area contributed by atoms with Crippen molar-refractivity contribution in [2.24, 2.45) is 17.8 Å². The maximum atomic E-state index is 13.2. The topological polar surface area (TPSA) is 105 Å². The van der Waals surface area contributed by atoms with Crippen LogP contribution >= 0.6 is 0 Å². The van der Waals surface area contributed by atoms with Gasteiger partial charge in [0.15, 0.2) is 0 Å². The summed E-state index contributed by atoms with van der Waals surface area (Å²) in [5, 5.41) is 12.1. The number of carboxylic acid groups (broad SMARTS) is 1. The van der Waals surface area contributed by atoms with Crippen LogP contribution in [0, 0.1) is 17.8 Å². The molecule has 1 saturated heterocycles. The van der Waals surface area contributed by atoms with E-state index < -0.39 is 18.1 Å². The molecule has 2 aromatic rings. The molecule has 1 aliphatic heterocycles. The van der Waals surface area contributed by atoms with Crippen LogP contribution in [0.5, 0.6) is 0 Å². The number of amides is 2. The summed E-state index contributed by atoms with van der Waals surface area (Å²) in [6.45, 7) is 1.38. The largest absolute Gasteiger partial charge is 0.481 e. The van der Waals surface area contributed by atoms with Crippen LogP contribution in [0.15, 0.2) is 48.5 Å². The molecule has 35 heavy (non-hydrogen) atoms. The van der Waals surface area contributed by atoms with E-state index in [1.54, 1.807) is 12.0 Å². The van der Waals surface area contributed by atoms with Crippen LogP contribution in [0.3, 0.4) is 0 Å². The molecule has 2 fully saturated rings. The Balaban J connectivity index is 1.22. The Morgan fingerprint density at radius 2 is 1.71 bits per heavy atom. The zero-order valence-corrected chi connectivity index (χ0v) is 19.7. The number of carbonyl (C=O) groups is 3. The number of aliphatic carboxylic acids is 1. The molecule has 8 nitrogen and oxygen atoms in total. The smallest absolute Gasteiger partial charge is 0.407 e. The summed E-state index contributed by atoms with van der Waals surface area (Å²) in [5.74, 6) is -1.28. The van der Waals surface area contributed by atoms with Gasteiger partial charge in [-0.3, -0.25) is 9.59 Å². The number of ether oxygens (including phenoxy) is 2. The number of carbonyl (C=O) groups excluding carboxylic acids is 2. The first-order valence-electron chi connectivity index (χ1n) is 12.1. The van der Waals surface area contributed by atoms with E-state index >= 15 is 0 Å². The van der Waals surface area contributed by atoms with Crippen LogP contribution in [0.2, 0.25) is 0 Å². The lowest BCUT2D eigenvalue weighted by Gasteiger charge is -2.30. The Bertz CT molecular complexity index is 1090. The van der Waals surface area contributed by atoms with Gasteiger partial charge < -0.3 is 24.8 Å². The summed E-state index contributed by atoms with van der Waals surface area (Å²) < 4.78 is 10.8. The minimum Gasteiger partial charge on any atom is -0.481 e. The fraction of sp³-hybridized carbons (Fsp3) is 0.444. The van der Waals surface area contributed by atoms with Crippen molar-refractivity contribution in [3.05, 3.63) is 59.7 Å². The van der Waals surface area contributed by atoms with Crippen molar-refractivity contribution in [1.29, 1.82) is 0 Å². The molecule has 1 saturated carbocycles. The summed E-state index contributed by atoms with van der Waals surface area (Å²) in [6.07, 6.45) is 0.341. The van der Waals surface area contributed by atoms with E-state index in [0.717, 1.165) is 22.3 Å². The average molecular weight is 479 g/mol. The third kappa shape index (κ3) is 4.50. The van der Waals surface area contributed by atoms with E-state index in [0.29, 0.717) is 32.5 Å². The quantitative estimate of drug-likeness (QED) is 0.604. The van der Waals surface area contributed by atoms with E-state index in [2.05, 4.69) is 29.6 Å². The van der Waals surface area contributed by atoms with Crippen LogP contribution in [-0.2, 0) is 19.1 Å². The van der Waals surface area contributed by atoms with E-state index in [-0.39, 0.29) is 36.2 Å². The first-order chi connectivity index (χ1) is 17.0. The number of nitrogens with zero attached hydrogens (tertiary/aromatic N) is 1. The average Bonchev–Trinajstić information content (AvgIpc) is 3.52. The lowest BCUT2D eigenvalue weighted by atomic mass is 9.98. The van der Waals surface area contributed by atoms with Crippen molar-refractivity contribution in [1.82, 2.24) is 10.2 Å². The Labute approximate surface area is 204 Å². The molecule has 184 valence electrons. The van der Waals surface area contributed by atoms with Gasteiger partial charge in [0, 0.05) is 39.1 Å². The Hall–Kier alpha value is -3.39. The van der Waals surface area contributed by atoms with E-state index in [4.69, 9.17) is 9.47 Å². The van der Waals surface area contributed by atoms with Crippen molar-refractivity contribution in [3.8, 4) is 11.1 Å². The van der Waals surface area contributed by atoms with Gasteiger partial charge in [-0.2, -0.15) is 0 Å². The number of nitrogens with one attached hydrogen (secondary N) is 1. The number of piperidine rings is 1. The summed E-state index contributed by atoms with van der Waals surface area (Å²) >= 11 is 0. The molecule has 0 bridgehead atoms. The van der Waals surface area contributed by atoms with Gasteiger partial charge in [0.2, 0.25) is 5.91 Å². The lowest BCUT2D eigenvalue weighted by molar-refractivity contribution is -0.139. The van der Waals surface area contributed by atoms with Crippen LogP contribution < -0.4 is 5.32 Å². The van der Waals surface area contributed by atoms with Crippen molar-refractivity contribution in [2.45, 2.75) is 24.8 Å². The number of benzene rings is 2. The van der Waals surface area contributed by atoms with Gasteiger partial charge in [0.05, 0.1) is 5.92 Å². The molecule has 4 atom stereocenters. The summed E-state index contributed by atoms with van der Waals surface area (Å²) in [4.78, 5) is 39.0. The van der Waals surface area contributed by atoms with E-state index in [1.807, 2.05) is 24.3 Å². The van der Waals surface area contributed by atoms with Gasteiger partial charge in [0.1, 0.15) is 12.6 Å². The van der Waals surface area contributed by atoms with Crippen LogP contribution in [0.25, 0.3) is 11.1 Å². The number of hydrogen-bond acceptors (Lipinski definition) is 5. The van der Waals surface area contributed by atoms with Crippen molar-refractivity contribution in [2.75, 3.05) is 33.4 Å². The van der Waals surface area contributed by atoms with Crippen LogP contribution in [-0.4, -0.2) is 67.4 Å². The van der Waals surface area contributed by atoms with Crippen molar-refractivity contribution < 1.29 is 29.0 Å². The third-order valence-corrected chi connectivity index (χ3v) is 7.64. The monoisotopic (exact) mass is 478 g/mol. The molecule has 2 amide bonds. The minimum atomic E-state index is -0.790.